The lowest BCUT2D eigenvalue weighted by Gasteiger charge is -2.21. The first kappa shape index (κ1) is 16.3. The number of carbonyl (C=O) groups is 1. The van der Waals surface area contributed by atoms with Gasteiger partial charge in [0.15, 0.2) is 0 Å². The van der Waals surface area contributed by atoms with Crippen molar-refractivity contribution in [3.63, 3.8) is 0 Å². The molecule has 6 heteroatoms. The maximum absolute atomic E-state index is 11.9. The van der Waals surface area contributed by atoms with Crippen LogP contribution in [0.1, 0.15) is 36.6 Å². The molecule has 1 aliphatic rings. The van der Waals surface area contributed by atoms with Crippen molar-refractivity contribution in [3.05, 3.63) is 16.5 Å². The summed E-state index contributed by atoms with van der Waals surface area (Å²) in [7, 11) is 0. The number of anilines is 1. The fraction of sp³-hybridized carbons (Fsp3) is 0.600. The Kier molecular flexibility index (Phi) is 6.55. The summed E-state index contributed by atoms with van der Waals surface area (Å²) in [5, 5.41) is 12.6. The van der Waals surface area contributed by atoms with E-state index in [2.05, 4.69) is 11.4 Å². The molecule has 1 amide bonds. The van der Waals surface area contributed by atoms with Crippen LogP contribution in [0.2, 0.25) is 0 Å². The molecular weight excluding hydrogens is 304 g/mol. The molecule has 1 aliphatic heterocycles. The van der Waals surface area contributed by atoms with Crippen LogP contribution in [0.5, 0.6) is 0 Å². The Morgan fingerprint density at radius 1 is 1.62 bits per heavy atom. The number of ether oxygens (including phenoxy) is 1. The Balaban J connectivity index is 1.76. The highest BCUT2D eigenvalue weighted by molar-refractivity contribution is 8.00. The zero-order chi connectivity index (χ0) is 15.1. The largest absolute Gasteiger partial charge is 0.377 e. The molecule has 0 saturated carbocycles. The van der Waals surface area contributed by atoms with Crippen LogP contribution in [0.4, 0.5) is 5.00 Å². The van der Waals surface area contributed by atoms with E-state index < -0.39 is 0 Å². The Morgan fingerprint density at radius 2 is 2.48 bits per heavy atom. The highest BCUT2D eigenvalue weighted by atomic mass is 32.2. The van der Waals surface area contributed by atoms with Crippen molar-refractivity contribution in [2.75, 3.05) is 23.4 Å². The maximum Gasteiger partial charge on any atom is 0.235 e. The number of thioether (sulfide) groups is 1. The van der Waals surface area contributed by atoms with E-state index in [1.54, 1.807) is 11.8 Å². The summed E-state index contributed by atoms with van der Waals surface area (Å²) >= 11 is 3.08. The third-order valence-electron chi connectivity index (χ3n) is 3.32. The van der Waals surface area contributed by atoms with Crippen LogP contribution in [0.15, 0.2) is 6.07 Å². The highest BCUT2D eigenvalue weighted by Gasteiger charge is 2.15. The van der Waals surface area contributed by atoms with Gasteiger partial charge in [-0.2, -0.15) is 5.26 Å². The molecule has 1 aromatic rings. The summed E-state index contributed by atoms with van der Waals surface area (Å²) in [5.74, 6) is 1.23. The lowest BCUT2D eigenvalue weighted by molar-refractivity contribution is -0.113. The minimum absolute atomic E-state index is 0.0446. The number of thiophene rings is 1. The van der Waals surface area contributed by atoms with E-state index in [0.717, 1.165) is 36.5 Å². The molecule has 1 N–H and O–H groups in total. The molecular formula is C15H20N2O2S2. The molecule has 1 fully saturated rings. The first-order valence-electron chi connectivity index (χ1n) is 7.25. The lowest BCUT2D eigenvalue weighted by atomic mass is 10.1. The van der Waals surface area contributed by atoms with E-state index in [4.69, 9.17) is 10.00 Å². The molecule has 2 rings (SSSR count). The number of hydrogen-bond acceptors (Lipinski definition) is 5. The average Bonchev–Trinajstić information content (AvgIpc) is 2.90. The van der Waals surface area contributed by atoms with Crippen molar-refractivity contribution in [2.45, 2.75) is 38.7 Å². The van der Waals surface area contributed by atoms with E-state index >= 15 is 0 Å². The van der Waals surface area contributed by atoms with Crippen molar-refractivity contribution in [3.8, 4) is 6.07 Å². The van der Waals surface area contributed by atoms with Crippen LogP contribution < -0.4 is 5.32 Å². The lowest BCUT2D eigenvalue weighted by Crippen LogP contribution is -2.22. The molecule has 1 unspecified atom stereocenters. The minimum atomic E-state index is -0.0446. The van der Waals surface area contributed by atoms with Crippen LogP contribution in [0, 0.1) is 11.3 Å². The summed E-state index contributed by atoms with van der Waals surface area (Å²) in [4.78, 5) is 13.1. The fourth-order valence-corrected chi connectivity index (χ4v) is 4.04. The van der Waals surface area contributed by atoms with Crippen molar-refractivity contribution >= 4 is 34.0 Å². The molecule has 0 aromatic carbocycles. The molecule has 114 valence electrons. The molecule has 0 spiro atoms. The van der Waals surface area contributed by atoms with Crippen LogP contribution >= 0.6 is 23.1 Å². The minimum Gasteiger partial charge on any atom is -0.377 e. The second kappa shape index (κ2) is 8.42. The second-order valence-electron chi connectivity index (χ2n) is 4.97. The number of carbonyl (C=O) groups excluding carboxylic acids is 1. The van der Waals surface area contributed by atoms with Gasteiger partial charge >= 0.3 is 0 Å². The van der Waals surface area contributed by atoms with Gasteiger partial charge in [0.2, 0.25) is 5.91 Å². The molecule has 1 aromatic heterocycles. The van der Waals surface area contributed by atoms with Crippen LogP contribution in [-0.2, 0) is 16.0 Å². The van der Waals surface area contributed by atoms with Crippen LogP contribution in [-0.4, -0.2) is 30.1 Å². The van der Waals surface area contributed by atoms with Gasteiger partial charge in [0.25, 0.3) is 0 Å². The smallest absolute Gasteiger partial charge is 0.235 e. The van der Waals surface area contributed by atoms with Crippen molar-refractivity contribution in [1.82, 2.24) is 0 Å². The van der Waals surface area contributed by atoms with Gasteiger partial charge in [-0.1, -0.05) is 6.92 Å². The molecule has 0 radical (unpaired) electrons. The van der Waals surface area contributed by atoms with Gasteiger partial charge in [0.1, 0.15) is 11.1 Å². The topological polar surface area (TPSA) is 62.1 Å². The van der Waals surface area contributed by atoms with Gasteiger partial charge in [-0.3, -0.25) is 4.79 Å². The summed E-state index contributed by atoms with van der Waals surface area (Å²) < 4.78 is 5.64. The van der Waals surface area contributed by atoms with Crippen LogP contribution in [0.3, 0.4) is 0 Å². The van der Waals surface area contributed by atoms with Gasteiger partial charge in [-0.15, -0.1) is 23.1 Å². The normalized spacial score (nSPS) is 18.2. The predicted molar refractivity (Wildman–Crippen MR) is 88.0 cm³/mol. The Labute approximate surface area is 133 Å². The molecule has 21 heavy (non-hydrogen) atoms. The van der Waals surface area contributed by atoms with Gasteiger partial charge in [0.05, 0.1) is 17.4 Å². The third kappa shape index (κ3) is 5.03. The number of nitrogens with one attached hydrogen (secondary N) is 1. The van der Waals surface area contributed by atoms with Crippen molar-refractivity contribution in [2.24, 2.45) is 0 Å². The molecule has 1 atom stereocenters. The Morgan fingerprint density at radius 3 is 3.14 bits per heavy atom. The number of amides is 1. The zero-order valence-corrected chi connectivity index (χ0v) is 13.8. The van der Waals surface area contributed by atoms with Crippen LogP contribution in [0.25, 0.3) is 0 Å². The number of aryl methyl sites for hydroxylation is 1. The summed E-state index contributed by atoms with van der Waals surface area (Å²) in [6.07, 6.45) is 4.63. The van der Waals surface area contributed by atoms with Gasteiger partial charge < -0.3 is 10.1 Å². The number of nitriles is 1. The summed E-state index contributed by atoms with van der Waals surface area (Å²) in [6, 6.07) is 3.98. The maximum atomic E-state index is 11.9. The van der Waals surface area contributed by atoms with E-state index in [9.17, 15) is 4.79 Å². The van der Waals surface area contributed by atoms with Gasteiger partial charge in [-0.05, 0) is 31.7 Å². The average molecular weight is 324 g/mol. The monoisotopic (exact) mass is 324 g/mol. The van der Waals surface area contributed by atoms with Gasteiger partial charge in [0, 0.05) is 17.2 Å². The van der Waals surface area contributed by atoms with E-state index in [1.165, 1.54) is 17.8 Å². The Hall–Kier alpha value is -1.03. The van der Waals surface area contributed by atoms with E-state index in [1.807, 2.05) is 13.0 Å². The van der Waals surface area contributed by atoms with E-state index in [-0.39, 0.29) is 5.91 Å². The quantitative estimate of drug-likeness (QED) is 0.871. The molecule has 2 heterocycles. The highest BCUT2D eigenvalue weighted by Crippen LogP contribution is 2.28. The molecule has 0 aliphatic carbocycles. The first-order valence-corrected chi connectivity index (χ1v) is 9.22. The Bertz CT molecular complexity index is 516. The fourth-order valence-electron chi connectivity index (χ4n) is 2.18. The number of rotatable bonds is 6. The SMILES string of the molecule is CCc1cc(C#N)c(NC(=O)CSCC2CCCCO2)s1. The van der Waals surface area contributed by atoms with Crippen molar-refractivity contribution < 1.29 is 9.53 Å². The predicted octanol–water partition coefficient (Wildman–Crippen LogP) is 3.42. The summed E-state index contributed by atoms with van der Waals surface area (Å²) in [5.41, 5.74) is 0.561. The third-order valence-corrected chi connectivity index (χ3v) is 5.58. The zero-order valence-electron chi connectivity index (χ0n) is 12.2. The summed E-state index contributed by atoms with van der Waals surface area (Å²) in [6.45, 7) is 2.89. The van der Waals surface area contributed by atoms with E-state index in [0.29, 0.717) is 22.4 Å². The number of hydrogen-bond donors (Lipinski definition) is 1. The standard InChI is InChI=1S/C15H20N2O2S2/c1-2-13-7-11(8-16)15(21-13)17-14(18)10-20-9-12-5-3-4-6-19-12/h7,12H,2-6,9-10H2,1H3,(H,17,18). The molecule has 0 bridgehead atoms. The van der Waals surface area contributed by atoms with Gasteiger partial charge in [-0.25, -0.2) is 0 Å². The molecule has 4 nitrogen and oxygen atoms in total. The van der Waals surface area contributed by atoms with Crippen molar-refractivity contribution in [1.29, 1.82) is 5.26 Å². The second-order valence-corrected chi connectivity index (χ2v) is 7.14. The molecule has 1 saturated heterocycles. The first-order chi connectivity index (χ1) is 10.2. The number of nitrogens with zero attached hydrogens (tertiary/aromatic N) is 1.